The van der Waals surface area contributed by atoms with Crippen LogP contribution < -0.4 is 16.0 Å². The second-order valence-corrected chi connectivity index (χ2v) is 9.55. The molecule has 0 spiro atoms. The van der Waals surface area contributed by atoms with Gasteiger partial charge in [0, 0.05) is 24.5 Å². The SMILES string of the molecule is CCC[C@H](C)Nc1ncc(-c2ccc(C[C@@H]3CCNC3)cn2)c(NC2CCC(O)CC2)n1. The van der Waals surface area contributed by atoms with Crippen LogP contribution in [0, 0.1) is 5.92 Å². The van der Waals surface area contributed by atoms with Gasteiger partial charge in [0.25, 0.3) is 0 Å². The van der Waals surface area contributed by atoms with Crippen LogP contribution in [0.5, 0.6) is 0 Å². The van der Waals surface area contributed by atoms with Crippen molar-refractivity contribution in [3.63, 3.8) is 0 Å². The van der Waals surface area contributed by atoms with Crippen LogP contribution >= 0.6 is 0 Å². The van der Waals surface area contributed by atoms with Gasteiger partial charge in [0.2, 0.25) is 5.95 Å². The van der Waals surface area contributed by atoms with Gasteiger partial charge >= 0.3 is 0 Å². The molecule has 0 aromatic carbocycles. The molecule has 2 atom stereocenters. The van der Waals surface area contributed by atoms with Crippen molar-refractivity contribution in [2.75, 3.05) is 23.7 Å². The summed E-state index contributed by atoms with van der Waals surface area (Å²) in [7, 11) is 0. The molecule has 7 heteroatoms. The van der Waals surface area contributed by atoms with Crippen molar-refractivity contribution < 1.29 is 5.11 Å². The average molecular weight is 439 g/mol. The molecule has 2 aliphatic rings. The highest BCUT2D eigenvalue weighted by Gasteiger charge is 2.22. The van der Waals surface area contributed by atoms with Crippen molar-refractivity contribution in [2.24, 2.45) is 5.92 Å². The van der Waals surface area contributed by atoms with Crippen LogP contribution in [0.4, 0.5) is 11.8 Å². The minimum absolute atomic E-state index is 0.172. The maximum absolute atomic E-state index is 9.87. The lowest BCUT2D eigenvalue weighted by Gasteiger charge is -2.27. The normalized spacial score (nSPS) is 24.3. The average Bonchev–Trinajstić information content (AvgIpc) is 3.30. The highest BCUT2D eigenvalue weighted by atomic mass is 16.3. The van der Waals surface area contributed by atoms with Crippen LogP contribution in [0.3, 0.4) is 0 Å². The Morgan fingerprint density at radius 1 is 1.12 bits per heavy atom. The smallest absolute Gasteiger partial charge is 0.224 e. The van der Waals surface area contributed by atoms with Gasteiger partial charge in [-0.05, 0) is 82.5 Å². The van der Waals surface area contributed by atoms with Crippen LogP contribution in [0.15, 0.2) is 24.5 Å². The summed E-state index contributed by atoms with van der Waals surface area (Å²) in [5.41, 5.74) is 3.11. The lowest BCUT2D eigenvalue weighted by molar-refractivity contribution is 0.126. The van der Waals surface area contributed by atoms with Crippen molar-refractivity contribution in [3.8, 4) is 11.3 Å². The topological polar surface area (TPSA) is 95.0 Å². The van der Waals surface area contributed by atoms with Crippen LogP contribution in [0.25, 0.3) is 11.3 Å². The quantitative estimate of drug-likeness (QED) is 0.470. The minimum atomic E-state index is -0.172. The summed E-state index contributed by atoms with van der Waals surface area (Å²) < 4.78 is 0. The number of anilines is 2. The first-order valence-electron chi connectivity index (χ1n) is 12.3. The maximum Gasteiger partial charge on any atom is 0.224 e. The molecule has 2 aromatic rings. The summed E-state index contributed by atoms with van der Waals surface area (Å²) in [6.07, 6.45) is 11.8. The van der Waals surface area contributed by atoms with E-state index in [-0.39, 0.29) is 6.10 Å². The molecule has 0 amide bonds. The van der Waals surface area contributed by atoms with Crippen molar-refractivity contribution in [1.82, 2.24) is 20.3 Å². The number of rotatable bonds is 9. The van der Waals surface area contributed by atoms with E-state index in [2.05, 4.69) is 46.9 Å². The predicted octanol–water partition coefficient (Wildman–Crippen LogP) is 4.01. The number of aliphatic hydroxyl groups is 1. The van der Waals surface area contributed by atoms with E-state index in [0.717, 1.165) is 75.1 Å². The van der Waals surface area contributed by atoms with E-state index in [0.29, 0.717) is 23.9 Å². The van der Waals surface area contributed by atoms with Gasteiger partial charge in [-0.1, -0.05) is 19.4 Å². The molecule has 0 radical (unpaired) electrons. The summed E-state index contributed by atoms with van der Waals surface area (Å²) in [5.74, 6) is 2.19. The molecule has 7 nitrogen and oxygen atoms in total. The molecule has 0 unspecified atom stereocenters. The van der Waals surface area contributed by atoms with Gasteiger partial charge in [0.1, 0.15) is 5.82 Å². The zero-order valence-electron chi connectivity index (χ0n) is 19.5. The lowest BCUT2D eigenvalue weighted by Crippen LogP contribution is -2.29. The molecule has 1 aliphatic carbocycles. The van der Waals surface area contributed by atoms with Gasteiger partial charge in [-0.3, -0.25) is 4.98 Å². The van der Waals surface area contributed by atoms with Gasteiger partial charge in [-0.25, -0.2) is 4.98 Å². The standard InChI is InChI=1S/C25H38N6O/c1-3-4-17(2)29-25-28-16-22(24(31-25)30-20-6-8-21(32)9-7-20)23-10-5-18(15-27-23)13-19-11-12-26-14-19/h5,10,15-17,19-21,26,32H,3-4,6-9,11-14H2,1-2H3,(H2,28,29,30,31)/t17-,19-,20?,21?/m0/s1. The fourth-order valence-corrected chi connectivity index (χ4v) is 4.81. The Morgan fingerprint density at radius 2 is 1.97 bits per heavy atom. The Hall–Kier alpha value is -2.25. The van der Waals surface area contributed by atoms with Crippen molar-refractivity contribution in [2.45, 2.75) is 83.4 Å². The van der Waals surface area contributed by atoms with Gasteiger partial charge in [0.05, 0.1) is 17.4 Å². The first-order valence-corrected chi connectivity index (χ1v) is 12.3. The maximum atomic E-state index is 9.87. The van der Waals surface area contributed by atoms with Crippen LogP contribution in [0.2, 0.25) is 0 Å². The molecule has 1 aliphatic heterocycles. The fraction of sp³-hybridized carbons (Fsp3) is 0.640. The van der Waals surface area contributed by atoms with Gasteiger partial charge < -0.3 is 21.1 Å². The van der Waals surface area contributed by atoms with Gasteiger partial charge in [-0.15, -0.1) is 0 Å². The summed E-state index contributed by atoms with van der Waals surface area (Å²) >= 11 is 0. The third-order valence-electron chi connectivity index (χ3n) is 6.71. The number of nitrogens with one attached hydrogen (secondary N) is 3. The Balaban J connectivity index is 1.53. The molecule has 2 aromatic heterocycles. The van der Waals surface area contributed by atoms with Crippen LogP contribution in [-0.4, -0.2) is 51.3 Å². The van der Waals surface area contributed by atoms with Crippen LogP contribution in [0.1, 0.15) is 64.4 Å². The monoisotopic (exact) mass is 438 g/mol. The van der Waals surface area contributed by atoms with E-state index < -0.39 is 0 Å². The minimum Gasteiger partial charge on any atom is -0.393 e. The Kier molecular flexibility index (Phi) is 7.92. The number of hydrogen-bond donors (Lipinski definition) is 4. The van der Waals surface area contributed by atoms with E-state index in [1.165, 1.54) is 12.0 Å². The number of pyridine rings is 1. The fourth-order valence-electron chi connectivity index (χ4n) is 4.81. The molecular formula is C25H38N6O. The van der Waals surface area contributed by atoms with Crippen molar-refractivity contribution >= 4 is 11.8 Å². The molecule has 2 fully saturated rings. The predicted molar refractivity (Wildman–Crippen MR) is 130 cm³/mol. The van der Waals surface area contributed by atoms with Gasteiger partial charge in [0.15, 0.2) is 0 Å². The Bertz CT molecular complexity index is 844. The van der Waals surface area contributed by atoms with Crippen molar-refractivity contribution in [3.05, 3.63) is 30.1 Å². The molecule has 4 N–H and O–H groups in total. The number of nitrogens with zero attached hydrogens (tertiary/aromatic N) is 3. The Morgan fingerprint density at radius 3 is 2.66 bits per heavy atom. The molecular weight excluding hydrogens is 400 g/mol. The highest BCUT2D eigenvalue weighted by Crippen LogP contribution is 2.29. The second kappa shape index (κ2) is 11.1. The molecule has 32 heavy (non-hydrogen) atoms. The molecule has 1 saturated heterocycles. The Labute approximate surface area is 191 Å². The molecule has 4 rings (SSSR count). The molecule has 174 valence electrons. The molecule has 1 saturated carbocycles. The van der Waals surface area contributed by atoms with Gasteiger partial charge in [-0.2, -0.15) is 4.98 Å². The zero-order chi connectivity index (χ0) is 22.3. The highest BCUT2D eigenvalue weighted by molar-refractivity contribution is 5.73. The van der Waals surface area contributed by atoms with E-state index in [1.807, 2.05) is 12.4 Å². The van der Waals surface area contributed by atoms with E-state index >= 15 is 0 Å². The summed E-state index contributed by atoms with van der Waals surface area (Å²) in [6.45, 7) is 6.57. The first-order chi connectivity index (χ1) is 15.6. The number of aromatic nitrogens is 3. The first kappa shape index (κ1) is 22.9. The number of aliphatic hydroxyl groups excluding tert-OH is 1. The zero-order valence-corrected chi connectivity index (χ0v) is 19.5. The van der Waals surface area contributed by atoms with Crippen molar-refractivity contribution in [1.29, 1.82) is 0 Å². The lowest BCUT2D eigenvalue weighted by atomic mass is 9.93. The molecule has 3 heterocycles. The second-order valence-electron chi connectivity index (χ2n) is 9.55. The van der Waals surface area contributed by atoms with Crippen LogP contribution in [-0.2, 0) is 6.42 Å². The summed E-state index contributed by atoms with van der Waals surface area (Å²) in [6, 6.07) is 4.92. The number of hydrogen-bond acceptors (Lipinski definition) is 7. The van der Waals surface area contributed by atoms with E-state index in [1.54, 1.807) is 0 Å². The third-order valence-corrected chi connectivity index (χ3v) is 6.71. The summed E-state index contributed by atoms with van der Waals surface area (Å²) in [4.78, 5) is 14.2. The third kappa shape index (κ3) is 6.17. The molecule has 0 bridgehead atoms. The summed E-state index contributed by atoms with van der Waals surface area (Å²) in [5, 5.41) is 20.4. The van der Waals surface area contributed by atoms with E-state index in [9.17, 15) is 5.11 Å². The largest absolute Gasteiger partial charge is 0.393 e. The van der Waals surface area contributed by atoms with E-state index in [4.69, 9.17) is 9.97 Å².